The van der Waals surface area contributed by atoms with Crippen molar-refractivity contribution >= 4 is 23.4 Å². The lowest BCUT2D eigenvalue weighted by atomic mass is 10.0. The summed E-state index contributed by atoms with van der Waals surface area (Å²) in [5.74, 6) is 1.59. The van der Waals surface area contributed by atoms with E-state index in [9.17, 15) is 4.79 Å². The first-order valence-electron chi connectivity index (χ1n) is 11.1. The highest BCUT2D eigenvalue weighted by Crippen LogP contribution is 2.32. The predicted molar refractivity (Wildman–Crippen MR) is 122 cm³/mol. The van der Waals surface area contributed by atoms with Crippen molar-refractivity contribution in [1.29, 1.82) is 0 Å². The number of aryl methyl sites for hydroxylation is 1. The van der Waals surface area contributed by atoms with Crippen molar-refractivity contribution in [2.24, 2.45) is 10.9 Å². The Morgan fingerprint density at radius 1 is 1.33 bits per heavy atom. The van der Waals surface area contributed by atoms with Gasteiger partial charge in [-0.3, -0.25) is 4.99 Å². The van der Waals surface area contributed by atoms with E-state index in [1.165, 1.54) is 17.7 Å². The van der Waals surface area contributed by atoms with Crippen LogP contribution in [-0.4, -0.2) is 71.7 Å². The van der Waals surface area contributed by atoms with Crippen LogP contribution in [0.15, 0.2) is 11.2 Å². The molecule has 1 saturated carbocycles. The molecule has 0 radical (unpaired) electrons. The van der Waals surface area contributed by atoms with Crippen LogP contribution in [0.2, 0.25) is 0 Å². The zero-order valence-electron chi connectivity index (χ0n) is 19.1. The summed E-state index contributed by atoms with van der Waals surface area (Å²) in [4.78, 5) is 27.3. The molecule has 2 heterocycles. The highest BCUT2D eigenvalue weighted by Gasteiger charge is 2.35. The number of nitrogens with one attached hydrogen (secondary N) is 1. The van der Waals surface area contributed by atoms with Gasteiger partial charge in [-0.15, -0.1) is 11.3 Å². The first-order chi connectivity index (χ1) is 14.2. The normalized spacial score (nSPS) is 18.4. The van der Waals surface area contributed by atoms with E-state index in [0.717, 1.165) is 56.4 Å². The molecule has 3 rings (SSSR count). The lowest BCUT2D eigenvalue weighted by molar-refractivity contribution is 0.00929. The Balaban J connectivity index is 1.50. The van der Waals surface area contributed by atoms with Gasteiger partial charge in [0.05, 0.1) is 5.01 Å². The van der Waals surface area contributed by atoms with Crippen molar-refractivity contribution in [2.45, 2.75) is 71.4 Å². The van der Waals surface area contributed by atoms with Gasteiger partial charge < -0.3 is 19.9 Å². The van der Waals surface area contributed by atoms with E-state index >= 15 is 0 Å². The lowest BCUT2D eigenvalue weighted by Crippen LogP contribution is -2.52. The smallest absolute Gasteiger partial charge is 0.410 e. The minimum atomic E-state index is -0.457. The Labute approximate surface area is 184 Å². The van der Waals surface area contributed by atoms with Crippen molar-refractivity contribution in [3.05, 3.63) is 16.1 Å². The van der Waals surface area contributed by atoms with Crippen LogP contribution in [0.25, 0.3) is 0 Å². The second kappa shape index (κ2) is 9.98. The first-order valence-corrected chi connectivity index (χ1v) is 11.9. The third-order valence-electron chi connectivity index (χ3n) is 5.49. The largest absolute Gasteiger partial charge is 0.444 e. The molecule has 1 aromatic rings. The number of hydrogen-bond acceptors (Lipinski definition) is 5. The summed E-state index contributed by atoms with van der Waals surface area (Å²) in [5, 5.41) is 4.63. The zero-order chi connectivity index (χ0) is 21.7. The Kier molecular flexibility index (Phi) is 7.60. The summed E-state index contributed by atoms with van der Waals surface area (Å²) >= 11 is 1.75. The van der Waals surface area contributed by atoms with Gasteiger partial charge in [-0.05, 0) is 59.3 Å². The molecule has 7 nitrogen and oxygen atoms in total. The average molecular weight is 436 g/mol. The fraction of sp³-hybridized carbons (Fsp3) is 0.773. The van der Waals surface area contributed by atoms with Gasteiger partial charge in [0.2, 0.25) is 0 Å². The van der Waals surface area contributed by atoms with Crippen LogP contribution in [0.1, 0.15) is 56.3 Å². The van der Waals surface area contributed by atoms with Crippen LogP contribution in [0, 0.1) is 12.8 Å². The van der Waals surface area contributed by atoms with Crippen LogP contribution >= 0.6 is 11.3 Å². The summed E-state index contributed by atoms with van der Waals surface area (Å²) in [6.07, 6.45) is 7.02. The first kappa shape index (κ1) is 22.8. The Bertz CT molecular complexity index is 730. The second-order valence-electron chi connectivity index (χ2n) is 9.38. The molecule has 1 N–H and O–H groups in total. The number of hydrogen-bond donors (Lipinski definition) is 1. The number of likely N-dealkylation sites (tertiary alicyclic amines) is 1. The summed E-state index contributed by atoms with van der Waals surface area (Å²) < 4.78 is 5.71. The van der Waals surface area contributed by atoms with E-state index in [1.54, 1.807) is 11.3 Å². The number of aromatic nitrogens is 1. The molecule has 2 aliphatic rings. The average Bonchev–Trinajstić information content (AvgIpc) is 3.42. The fourth-order valence-corrected chi connectivity index (χ4v) is 4.58. The van der Waals surface area contributed by atoms with E-state index < -0.39 is 5.60 Å². The minimum Gasteiger partial charge on any atom is -0.444 e. The maximum Gasteiger partial charge on any atom is 0.410 e. The zero-order valence-corrected chi connectivity index (χ0v) is 19.9. The van der Waals surface area contributed by atoms with E-state index in [1.807, 2.05) is 38.9 Å². The minimum absolute atomic E-state index is 0.158. The second-order valence-corrected chi connectivity index (χ2v) is 10.7. The van der Waals surface area contributed by atoms with E-state index in [-0.39, 0.29) is 12.1 Å². The van der Waals surface area contributed by atoms with Crippen LogP contribution < -0.4 is 5.32 Å². The van der Waals surface area contributed by atoms with Crippen LogP contribution in [-0.2, 0) is 11.2 Å². The van der Waals surface area contributed by atoms with Crippen LogP contribution in [0.3, 0.4) is 0 Å². The topological polar surface area (TPSA) is 70.1 Å². The van der Waals surface area contributed by atoms with Gasteiger partial charge in [-0.2, -0.15) is 0 Å². The molecular formula is C22H37N5O2S. The van der Waals surface area contributed by atoms with Gasteiger partial charge in [-0.1, -0.05) is 0 Å². The van der Waals surface area contributed by atoms with Gasteiger partial charge in [0.15, 0.2) is 5.96 Å². The molecule has 0 spiro atoms. The monoisotopic (exact) mass is 435 g/mol. The van der Waals surface area contributed by atoms with Crippen molar-refractivity contribution in [3.8, 4) is 0 Å². The maximum absolute atomic E-state index is 12.8. The standard InChI is InChI=1S/C22H37N5O2S/c1-16-14-25-19(30-16)8-11-24-20(23-5)26-12-9-18(10-13-26)27(15-17-6-7-17)21(28)29-22(2,3)4/h14,17-18H,6-13,15H2,1-5H3,(H,23,24). The van der Waals surface area contributed by atoms with Crippen LogP contribution in [0.5, 0.6) is 0 Å². The van der Waals surface area contributed by atoms with Gasteiger partial charge >= 0.3 is 6.09 Å². The number of thiazole rings is 1. The third kappa shape index (κ3) is 6.86. The SMILES string of the molecule is CN=C(NCCc1ncc(C)s1)N1CCC(N(CC2CC2)C(=O)OC(C)(C)C)CC1. The van der Waals surface area contributed by atoms with Crippen molar-refractivity contribution < 1.29 is 9.53 Å². The lowest BCUT2D eigenvalue weighted by Gasteiger charge is -2.40. The van der Waals surface area contributed by atoms with Gasteiger partial charge in [0, 0.05) is 56.8 Å². The summed E-state index contributed by atoms with van der Waals surface area (Å²) in [7, 11) is 1.84. The Hall–Kier alpha value is -1.83. The summed E-state index contributed by atoms with van der Waals surface area (Å²) in [5.41, 5.74) is -0.457. The summed E-state index contributed by atoms with van der Waals surface area (Å²) in [6.45, 7) is 11.3. The van der Waals surface area contributed by atoms with Gasteiger partial charge in [0.1, 0.15) is 5.60 Å². The molecule has 30 heavy (non-hydrogen) atoms. The number of amides is 1. The fourth-order valence-electron chi connectivity index (χ4n) is 3.79. The molecule has 168 valence electrons. The van der Waals surface area contributed by atoms with E-state index in [0.29, 0.717) is 5.92 Å². The molecule has 8 heteroatoms. The molecule has 0 aromatic carbocycles. The number of ether oxygens (including phenoxy) is 1. The third-order valence-corrected chi connectivity index (χ3v) is 6.46. The van der Waals surface area contributed by atoms with Crippen molar-refractivity contribution in [3.63, 3.8) is 0 Å². The number of rotatable bonds is 6. The predicted octanol–water partition coefficient (Wildman–Crippen LogP) is 3.68. The highest BCUT2D eigenvalue weighted by molar-refractivity contribution is 7.11. The molecule has 0 unspecified atom stereocenters. The number of nitrogens with zero attached hydrogens (tertiary/aromatic N) is 4. The summed E-state index contributed by atoms with van der Waals surface area (Å²) in [6, 6.07) is 0.244. The maximum atomic E-state index is 12.8. The molecule has 2 fully saturated rings. The van der Waals surface area contributed by atoms with Gasteiger partial charge in [-0.25, -0.2) is 9.78 Å². The quantitative estimate of drug-likeness (QED) is 0.545. The number of carbonyl (C=O) groups excluding carboxylic acids is 1. The molecule has 0 atom stereocenters. The number of carbonyl (C=O) groups is 1. The molecule has 1 amide bonds. The Morgan fingerprint density at radius 3 is 2.57 bits per heavy atom. The van der Waals surface area contributed by atoms with Gasteiger partial charge in [0.25, 0.3) is 0 Å². The molecule has 1 saturated heterocycles. The van der Waals surface area contributed by atoms with Crippen molar-refractivity contribution in [2.75, 3.05) is 33.2 Å². The molecule has 1 aliphatic carbocycles. The van der Waals surface area contributed by atoms with Crippen molar-refractivity contribution in [1.82, 2.24) is 20.1 Å². The highest BCUT2D eigenvalue weighted by atomic mass is 32.1. The van der Waals surface area contributed by atoms with Crippen LogP contribution in [0.4, 0.5) is 4.79 Å². The van der Waals surface area contributed by atoms with E-state index in [2.05, 4.69) is 27.1 Å². The number of aliphatic imine (C=N–C) groups is 1. The molecule has 0 bridgehead atoms. The number of guanidine groups is 1. The number of piperidine rings is 1. The molecular weight excluding hydrogens is 398 g/mol. The Morgan fingerprint density at radius 2 is 2.03 bits per heavy atom. The molecule has 1 aliphatic heterocycles. The van der Waals surface area contributed by atoms with E-state index in [4.69, 9.17) is 4.74 Å². The molecule has 1 aromatic heterocycles.